The molecule has 0 saturated heterocycles. The van der Waals surface area contributed by atoms with E-state index in [1.54, 1.807) is 0 Å². The quantitative estimate of drug-likeness (QED) is 0.865. The largest absolute Gasteiger partial charge is 0.396 e. The summed E-state index contributed by atoms with van der Waals surface area (Å²) in [4.78, 5) is 14.6. The molecule has 2 rings (SSSR count). The average Bonchev–Trinajstić information content (AvgIpc) is 2.52. The number of aliphatic hydroxyl groups excluding tert-OH is 1. The van der Waals surface area contributed by atoms with E-state index in [4.69, 9.17) is 5.11 Å². The van der Waals surface area contributed by atoms with E-state index < -0.39 is 0 Å². The molecule has 3 unspecified atom stereocenters. The van der Waals surface area contributed by atoms with Crippen molar-refractivity contribution in [3.8, 4) is 0 Å². The van der Waals surface area contributed by atoms with E-state index in [1.165, 1.54) is 11.1 Å². The maximum Gasteiger partial charge on any atom is 0.237 e. The van der Waals surface area contributed by atoms with Crippen LogP contribution in [-0.4, -0.2) is 41.1 Å². The predicted molar refractivity (Wildman–Crippen MR) is 83.9 cm³/mol. The lowest BCUT2D eigenvalue weighted by Crippen LogP contribution is -2.50. The SMILES string of the molecule is CC(CO)C(C)NC(=O)C(C)N1CCc2ccccc2C1. The van der Waals surface area contributed by atoms with Crippen LogP contribution in [0.2, 0.25) is 0 Å². The van der Waals surface area contributed by atoms with Crippen LogP contribution in [0.5, 0.6) is 0 Å². The molecule has 116 valence electrons. The van der Waals surface area contributed by atoms with Crippen LogP contribution in [0, 0.1) is 5.92 Å². The number of nitrogens with one attached hydrogen (secondary N) is 1. The maximum absolute atomic E-state index is 12.4. The number of carbonyl (C=O) groups is 1. The number of rotatable bonds is 5. The average molecular weight is 290 g/mol. The van der Waals surface area contributed by atoms with Gasteiger partial charge < -0.3 is 10.4 Å². The Bertz CT molecular complexity index is 489. The van der Waals surface area contributed by atoms with Crippen molar-refractivity contribution < 1.29 is 9.90 Å². The van der Waals surface area contributed by atoms with Gasteiger partial charge in [0.1, 0.15) is 0 Å². The van der Waals surface area contributed by atoms with Gasteiger partial charge in [0.2, 0.25) is 5.91 Å². The van der Waals surface area contributed by atoms with Gasteiger partial charge >= 0.3 is 0 Å². The van der Waals surface area contributed by atoms with Gasteiger partial charge in [-0.1, -0.05) is 31.2 Å². The summed E-state index contributed by atoms with van der Waals surface area (Å²) in [6.45, 7) is 7.67. The lowest BCUT2D eigenvalue weighted by Gasteiger charge is -2.33. The summed E-state index contributed by atoms with van der Waals surface area (Å²) in [6, 6.07) is 8.28. The lowest BCUT2D eigenvalue weighted by molar-refractivity contribution is -0.127. The molecular weight excluding hydrogens is 264 g/mol. The molecule has 1 amide bonds. The van der Waals surface area contributed by atoms with Crippen LogP contribution >= 0.6 is 0 Å². The molecule has 0 fully saturated rings. The molecule has 0 radical (unpaired) electrons. The molecule has 1 aromatic rings. The van der Waals surface area contributed by atoms with Crippen molar-refractivity contribution in [2.24, 2.45) is 5.92 Å². The Balaban J connectivity index is 1.95. The number of hydrogen-bond acceptors (Lipinski definition) is 3. The summed E-state index contributed by atoms with van der Waals surface area (Å²) < 4.78 is 0. The standard InChI is InChI=1S/C17H26N2O2/c1-12(11-20)13(2)18-17(21)14(3)19-9-8-15-6-4-5-7-16(15)10-19/h4-7,12-14,20H,8-11H2,1-3H3,(H,18,21). The number of aliphatic hydroxyl groups is 1. The third-order valence-electron chi connectivity index (χ3n) is 4.60. The molecule has 0 aliphatic carbocycles. The second-order valence-electron chi connectivity index (χ2n) is 6.12. The molecule has 0 aromatic heterocycles. The first-order valence-electron chi connectivity index (χ1n) is 7.75. The molecule has 3 atom stereocenters. The fraction of sp³-hybridized carbons (Fsp3) is 0.588. The van der Waals surface area contributed by atoms with Crippen LogP contribution in [0.1, 0.15) is 31.9 Å². The van der Waals surface area contributed by atoms with Gasteiger partial charge in [0.25, 0.3) is 0 Å². The van der Waals surface area contributed by atoms with Crippen molar-refractivity contribution in [3.63, 3.8) is 0 Å². The van der Waals surface area contributed by atoms with Gasteiger partial charge in [0, 0.05) is 25.7 Å². The van der Waals surface area contributed by atoms with Gasteiger partial charge in [-0.05, 0) is 37.3 Å². The van der Waals surface area contributed by atoms with Gasteiger partial charge in [0.05, 0.1) is 6.04 Å². The Morgan fingerprint density at radius 2 is 1.95 bits per heavy atom. The minimum absolute atomic E-state index is 0.0120. The zero-order valence-corrected chi connectivity index (χ0v) is 13.2. The zero-order chi connectivity index (χ0) is 15.4. The molecule has 0 saturated carbocycles. The van der Waals surface area contributed by atoms with Crippen molar-refractivity contribution in [2.45, 2.75) is 45.8 Å². The Morgan fingerprint density at radius 1 is 1.29 bits per heavy atom. The van der Waals surface area contributed by atoms with Crippen LogP contribution < -0.4 is 5.32 Å². The number of fused-ring (bicyclic) bond motifs is 1. The monoisotopic (exact) mass is 290 g/mol. The number of nitrogens with zero attached hydrogens (tertiary/aromatic N) is 1. The number of benzene rings is 1. The summed E-state index contributed by atoms with van der Waals surface area (Å²) in [6.07, 6.45) is 0.996. The van der Waals surface area contributed by atoms with E-state index in [1.807, 2.05) is 20.8 Å². The van der Waals surface area contributed by atoms with Crippen molar-refractivity contribution in [1.82, 2.24) is 10.2 Å². The Morgan fingerprint density at radius 3 is 2.62 bits per heavy atom. The first-order chi connectivity index (χ1) is 10.0. The second kappa shape index (κ2) is 7.05. The molecule has 4 heteroatoms. The minimum Gasteiger partial charge on any atom is -0.396 e. The predicted octanol–water partition coefficient (Wildman–Crippen LogP) is 1.57. The van der Waals surface area contributed by atoms with Crippen molar-refractivity contribution in [3.05, 3.63) is 35.4 Å². The molecular formula is C17H26N2O2. The second-order valence-corrected chi connectivity index (χ2v) is 6.12. The highest BCUT2D eigenvalue weighted by Gasteiger charge is 2.26. The van der Waals surface area contributed by atoms with Crippen LogP contribution in [0.15, 0.2) is 24.3 Å². The van der Waals surface area contributed by atoms with E-state index in [0.717, 1.165) is 19.5 Å². The molecule has 4 nitrogen and oxygen atoms in total. The fourth-order valence-corrected chi connectivity index (χ4v) is 2.66. The van der Waals surface area contributed by atoms with Crippen molar-refractivity contribution in [2.75, 3.05) is 13.2 Å². The van der Waals surface area contributed by atoms with Gasteiger partial charge in [-0.15, -0.1) is 0 Å². The Hall–Kier alpha value is -1.39. The highest BCUT2D eigenvalue weighted by molar-refractivity contribution is 5.81. The summed E-state index contributed by atoms with van der Waals surface area (Å²) in [7, 11) is 0. The van der Waals surface area contributed by atoms with E-state index in [2.05, 4.69) is 34.5 Å². The summed E-state index contributed by atoms with van der Waals surface area (Å²) in [5.74, 6) is 0.116. The number of carbonyl (C=O) groups excluding carboxylic acids is 1. The molecule has 1 heterocycles. The Kier molecular flexibility index (Phi) is 5.37. The molecule has 1 aliphatic rings. The van der Waals surface area contributed by atoms with Crippen molar-refractivity contribution in [1.29, 1.82) is 0 Å². The molecule has 0 spiro atoms. The van der Waals surface area contributed by atoms with Crippen LogP contribution in [-0.2, 0) is 17.8 Å². The van der Waals surface area contributed by atoms with Gasteiger partial charge in [-0.3, -0.25) is 9.69 Å². The summed E-state index contributed by atoms with van der Waals surface area (Å²) >= 11 is 0. The van der Waals surface area contributed by atoms with Gasteiger partial charge in [-0.25, -0.2) is 0 Å². The lowest BCUT2D eigenvalue weighted by atomic mass is 9.98. The van der Waals surface area contributed by atoms with Crippen LogP contribution in [0.3, 0.4) is 0 Å². The maximum atomic E-state index is 12.4. The van der Waals surface area contributed by atoms with Crippen LogP contribution in [0.4, 0.5) is 0 Å². The third kappa shape index (κ3) is 3.83. The first-order valence-corrected chi connectivity index (χ1v) is 7.75. The van der Waals surface area contributed by atoms with E-state index >= 15 is 0 Å². The van der Waals surface area contributed by atoms with Crippen molar-refractivity contribution >= 4 is 5.91 Å². The number of hydrogen-bond donors (Lipinski definition) is 2. The topological polar surface area (TPSA) is 52.6 Å². The zero-order valence-electron chi connectivity index (χ0n) is 13.2. The Labute approximate surface area is 127 Å². The molecule has 1 aliphatic heterocycles. The third-order valence-corrected chi connectivity index (χ3v) is 4.60. The smallest absolute Gasteiger partial charge is 0.237 e. The molecule has 2 N–H and O–H groups in total. The summed E-state index contributed by atoms with van der Waals surface area (Å²) in [5, 5.41) is 12.2. The minimum atomic E-state index is -0.147. The van der Waals surface area contributed by atoms with Gasteiger partial charge in [0.15, 0.2) is 0 Å². The van der Waals surface area contributed by atoms with E-state index in [-0.39, 0.29) is 30.5 Å². The molecule has 21 heavy (non-hydrogen) atoms. The van der Waals surface area contributed by atoms with E-state index in [9.17, 15) is 4.79 Å². The van der Waals surface area contributed by atoms with Crippen LogP contribution in [0.25, 0.3) is 0 Å². The first kappa shape index (κ1) is 16.0. The van der Waals surface area contributed by atoms with Gasteiger partial charge in [-0.2, -0.15) is 0 Å². The normalized spacial score (nSPS) is 19.4. The van der Waals surface area contributed by atoms with E-state index in [0.29, 0.717) is 0 Å². The molecule has 1 aromatic carbocycles. The molecule has 0 bridgehead atoms. The highest BCUT2D eigenvalue weighted by atomic mass is 16.3. The number of amides is 1. The summed E-state index contributed by atoms with van der Waals surface area (Å²) in [5.41, 5.74) is 2.71. The fourth-order valence-electron chi connectivity index (χ4n) is 2.66. The highest BCUT2D eigenvalue weighted by Crippen LogP contribution is 2.20.